The smallest absolute Gasteiger partial charge is 0.260 e. The van der Waals surface area contributed by atoms with Crippen molar-refractivity contribution in [2.24, 2.45) is 22.7 Å². The Morgan fingerprint density at radius 2 is 2.00 bits per heavy atom. The first-order chi connectivity index (χ1) is 8.97. The van der Waals surface area contributed by atoms with Gasteiger partial charge in [-0.05, 0) is 37.5 Å². The van der Waals surface area contributed by atoms with Gasteiger partial charge in [-0.1, -0.05) is 25.9 Å². The number of amidine groups is 1. The van der Waals surface area contributed by atoms with Crippen LogP contribution in [0.1, 0.15) is 52.9 Å². The Balaban J connectivity index is 2.17. The fourth-order valence-corrected chi connectivity index (χ4v) is 2.30. The second kappa shape index (κ2) is 8.02. The Bertz CT molecular complexity index is 308. The van der Waals surface area contributed by atoms with Crippen molar-refractivity contribution in [3.05, 3.63) is 0 Å². The lowest BCUT2D eigenvalue weighted by atomic mass is 9.87. The van der Waals surface area contributed by atoms with Crippen molar-refractivity contribution in [2.45, 2.75) is 58.9 Å². The number of nitrogens with two attached hydrogens (primary N) is 1. The zero-order valence-electron chi connectivity index (χ0n) is 12.3. The van der Waals surface area contributed by atoms with Crippen LogP contribution < -0.4 is 11.1 Å². The van der Waals surface area contributed by atoms with Gasteiger partial charge in [0, 0.05) is 12.5 Å². The summed E-state index contributed by atoms with van der Waals surface area (Å²) >= 11 is 0. The Morgan fingerprint density at radius 3 is 2.58 bits per heavy atom. The van der Waals surface area contributed by atoms with Gasteiger partial charge in [0.05, 0.1) is 0 Å². The molecule has 0 heterocycles. The number of nitrogens with one attached hydrogen (secondary N) is 1. The molecule has 0 atom stereocenters. The normalized spacial score (nSPS) is 24.3. The Kier molecular flexibility index (Phi) is 6.67. The molecule has 1 rings (SSSR count). The molecule has 0 aliphatic heterocycles. The quantitative estimate of drug-likeness (QED) is 0.440. The summed E-state index contributed by atoms with van der Waals surface area (Å²) in [6, 6.07) is 0.296. The molecular weight excluding hydrogens is 242 g/mol. The highest BCUT2D eigenvalue weighted by Crippen LogP contribution is 2.23. The second-order valence-corrected chi connectivity index (χ2v) is 5.98. The summed E-state index contributed by atoms with van der Waals surface area (Å²) in [5.74, 6) is 1.55. The van der Waals surface area contributed by atoms with E-state index in [2.05, 4.69) is 31.2 Å². The molecule has 1 aliphatic rings. The predicted octanol–water partition coefficient (Wildman–Crippen LogP) is 2.02. The molecule has 0 radical (unpaired) electrons. The van der Waals surface area contributed by atoms with Crippen LogP contribution in [0.3, 0.4) is 0 Å². The van der Waals surface area contributed by atoms with Crippen LogP contribution >= 0.6 is 0 Å². The van der Waals surface area contributed by atoms with Gasteiger partial charge < -0.3 is 15.9 Å². The summed E-state index contributed by atoms with van der Waals surface area (Å²) in [4.78, 5) is 16.6. The third-order valence-corrected chi connectivity index (χ3v) is 3.38. The van der Waals surface area contributed by atoms with Gasteiger partial charge in [-0.3, -0.25) is 4.79 Å². The van der Waals surface area contributed by atoms with Crippen molar-refractivity contribution in [2.75, 3.05) is 6.61 Å². The summed E-state index contributed by atoms with van der Waals surface area (Å²) < 4.78 is 0. The number of nitrogens with zero attached hydrogens (tertiary/aromatic N) is 1. The van der Waals surface area contributed by atoms with Crippen LogP contribution in [-0.2, 0) is 9.63 Å². The van der Waals surface area contributed by atoms with Crippen LogP contribution in [0.4, 0.5) is 0 Å². The molecule has 1 saturated carbocycles. The molecule has 5 heteroatoms. The van der Waals surface area contributed by atoms with Gasteiger partial charge in [0.1, 0.15) is 5.84 Å². The average Bonchev–Trinajstić information content (AvgIpc) is 2.31. The van der Waals surface area contributed by atoms with Crippen molar-refractivity contribution < 1.29 is 9.63 Å². The highest BCUT2D eigenvalue weighted by molar-refractivity contribution is 5.80. The molecule has 19 heavy (non-hydrogen) atoms. The fourth-order valence-electron chi connectivity index (χ4n) is 2.30. The van der Waals surface area contributed by atoms with Crippen LogP contribution in [-0.4, -0.2) is 24.4 Å². The number of carbonyl (C=O) groups excluding carboxylic acids is 1. The van der Waals surface area contributed by atoms with E-state index >= 15 is 0 Å². The van der Waals surface area contributed by atoms with Gasteiger partial charge in [-0.25, -0.2) is 0 Å². The molecule has 0 aromatic rings. The molecule has 0 aromatic heterocycles. The number of rotatable bonds is 6. The maximum absolute atomic E-state index is 11.7. The lowest BCUT2D eigenvalue weighted by molar-refractivity contribution is -0.126. The van der Waals surface area contributed by atoms with E-state index in [0.717, 1.165) is 18.8 Å². The van der Waals surface area contributed by atoms with E-state index in [1.54, 1.807) is 0 Å². The second-order valence-electron chi connectivity index (χ2n) is 5.98. The first-order valence-electron chi connectivity index (χ1n) is 7.21. The van der Waals surface area contributed by atoms with Gasteiger partial charge in [-0.15, -0.1) is 0 Å². The zero-order valence-corrected chi connectivity index (χ0v) is 12.3. The third-order valence-electron chi connectivity index (χ3n) is 3.38. The van der Waals surface area contributed by atoms with Gasteiger partial charge in [0.2, 0.25) is 0 Å². The molecule has 1 amide bonds. The summed E-state index contributed by atoms with van der Waals surface area (Å²) in [6.07, 6.45) is 5.18. The highest BCUT2D eigenvalue weighted by Gasteiger charge is 2.19. The molecule has 5 nitrogen and oxygen atoms in total. The molecular formula is C14H27N3O2. The molecule has 0 saturated heterocycles. The van der Waals surface area contributed by atoms with Crippen molar-refractivity contribution in [3.8, 4) is 0 Å². The lowest BCUT2D eigenvalue weighted by Crippen LogP contribution is -2.39. The molecule has 0 spiro atoms. The summed E-state index contributed by atoms with van der Waals surface area (Å²) in [5.41, 5.74) is 5.65. The molecule has 3 N–H and O–H groups in total. The third kappa shape index (κ3) is 7.03. The summed E-state index contributed by atoms with van der Waals surface area (Å²) in [5, 5.41) is 6.72. The SMILES string of the molecule is CC(C)CC(N)=NOCC(=O)NC1CCC(C)CC1. The number of hydrogen-bond acceptors (Lipinski definition) is 3. The van der Waals surface area contributed by atoms with Crippen LogP contribution in [0.5, 0.6) is 0 Å². The lowest BCUT2D eigenvalue weighted by Gasteiger charge is -2.26. The van der Waals surface area contributed by atoms with Crippen LogP contribution in [0.15, 0.2) is 5.16 Å². The van der Waals surface area contributed by atoms with Gasteiger partial charge in [-0.2, -0.15) is 0 Å². The number of hydrogen-bond donors (Lipinski definition) is 2. The first kappa shape index (κ1) is 15.8. The zero-order chi connectivity index (χ0) is 14.3. The van der Waals surface area contributed by atoms with Gasteiger partial charge in [0.15, 0.2) is 6.61 Å². The van der Waals surface area contributed by atoms with Crippen molar-refractivity contribution in [1.82, 2.24) is 5.32 Å². The molecule has 0 bridgehead atoms. The maximum Gasteiger partial charge on any atom is 0.260 e. The van der Waals surface area contributed by atoms with Gasteiger partial charge in [0.25, 0.3) is 5.91 Å². The molecule has 0 unspecified atom stereocenters. The average molecular weight is 269 g/mol. The van der Waals surface area contributed by atoms with E-state index in [9.17, 15) is 4.79 Å². The Hall–Kier alpha value is -1.26. The highest BCUT2D eigenvalue weighted by atomic mass is 16.6. The van der Waals surface area contributed by atoms with Crippen molar-refractivity contribution in [3.63, 3.8) is 0 Å². The van der Waals surface area contributed by atoms with Crippen LogP contribution in [0.25, 0.3) is 0 Å². The number of carbonyl (C=O) groups is 1. The fraction of sp³-hybridized carbons (Fsp3) is 0.857. The van der Waals surface area contributed by atoms with Crippen LogP contribution in [0, 0.1) is 11.8 Å². The van der Waals surface area contributed by atoms with Crippen molar-refractivity contribution >= 4 is 11.7 Å². The van der Waals surface area contributed by atoms with Gasteiger partial charge >= 0.3 is 0 Å². The molecule has 1 fully saturated rings. The van der Waals surface area contributed by atoms with Crippen molar-refractivity contribution in [1.29, 1.82) is 0 Å². The minimum atomic E-state index is -0.111. The van der Waals surface area contributed by atoms with E-state index in [1.807, 2.05) is 0 Å². The Morgan fingerprint density at radius 1 is 1.37 bits per heavy atom. The van der Waals surface area contributed by atoms with E-state index in [0.29, 0.717) is 24.2 Å². The van der Waals surface area contributed by atoms with Crippen LogP contribution in [0.2, 0.25) is 0 Å². The first-order valence-corrected chi connectivity index (χ1v) is 7.21. The Labute approximate surface area is 115 Å². The van der Waals surface area contributed by atoms with E-state index in [-0.39, 0.29) is 12.5 Å². The standard InChI is InChI=1S/C14H27N3O2/c1-10(2)8-13(15)17-19-9-14(18)16-12-6-4-11(3)5-7-12/h10-12H,4-9H2,1-3H3,(H2,15,17)(H,16,18). The maximum atomic E-state index is 11.7. The van der Waals surface area contributed by atoms with E-state index in [1.165, 1.54) is 12.8 Å². The number of oxime groups is 1. The van der Waals surface area contributed by atoms with E-state index < -0.39 is 0 Å². The predicted molar refractivity (Wildman–Crippen MR) is 76.6 cm³/mol. The topological polar surface area (TPSA) is 76.7 Å². The minimum absolute atomic E-state index is 0.0507. The summed E-state index contributed by atoms with van der Waals surface area (Å²) in [7, 11) is 0. The minimum Gasteiger partial charge on any atom is -0.384 e. The molecule has 1 aliphatic carbocycles. The largest absolute Gasteiger partial charge is 0.384 e. The van der Waals surface area contributed by atoms with E-state index in [4.69, 9.17) is 10.6 Å². The number of amides is 1. The molecule has 110 valence electrons. The summed E-state index contributed by atoms with van der Waals surface area (Å²) in [6.45, 7) is 6.32. The monoisotopic (exact) mass is 269 g/mol. The molecule has 0 aromatic carbocycles.